The molecule has 4 aromatic rings. The first-order chi connectivity index (χ1) is 12.1. The van der Waals surface area contributed by atoms with Crippen molar-refractivity contribution in [1.29, 1.82) is 0 Å². The molecule has 0 unspecified atom stereocenters. The van der Waals surface area contributed by atoms with Gasteiger partial charge in [-0.2, -0.15) is 0 Å². The number of hydrogen-bond donors (Lipinski definition) is 3. The summed E-state index contributed by atoms with van der Waals surface area (Å²) in [6.45, 7) is 2.21. The van der Waals surface area contributed by atoms with Crippen molar-refractivity contribution < 1.29 is 10.2 Å². The van der Waals surface area contributed by atoms with Gasteiger partial charge >= 0.3 is 0 Å². The van der Waals surface area contributed by atoms with Gasteiger partial charge in [0.25, 0.3) is 0 Å². The van der Waals surface area contributed by atoms with E-state index in [1.165, 1.54) is 37.2 Å². The molecule has 0 atom stereocenters. The number of benzene rings is 3. The van der Waals surface area contributed by atoms with Gasteiger partial charge in [-0.05, 0) is 51.5 Å². The molecular weight excluding hydrogens is 330 g/mol. The second kappa shape index (κ2) is 6.39. The van der Waals surface area contributed by atoms with Crippen molar-refractivity contribution in [2.24, 2.45) is 0 Å². The SMILES string of the molecule is CC(CO)(CO)NCc1cc2ccccc2c2ccc3ccsc3c12. The van der Waals surface area contributed by atoms with Gasteiger partial charge in [0.15, 0.2) is 0 Å². The first kappa shape index (κ1) is 16.5. The molecule has 0 amide bonds. The topological polar surface area (TPSA) is 52.5 Å². The maximum Gasteiger partial charge on any atom is 0.0633 e. The van der Waals surface area contributed by atoms with Crippen LogP contribution >= 0.6 is 11.3 Å². The lowest BCUT2D eigenvalue weighted by molar-refractivity contribution is 0.103. The third kappa shape index (κ3) is 2.81. The molecule has 0 saturated heterocycles. The predicted molar refractivity (Wildman–Crippen MR) is 106 cm³/mol. The molecule has 0 aliphatic heterocycles. The molecule has 0 bridgehead atoms. The Kier molecular flexibility index (Phi) is 4.21. The van der Waals surface area contributed by atoms with Crippen LogP contribution in [0.2, 0.25) is 0 Å². The zero-order valence-electron chi connectivity index (χ0n) is 14.1. The highest BCUT2D eigenvalue weighted by atomic mass is 32.1. The Morgan fingerprint density at radius 3 is 2.56 bits per heavy atom. The Morgan fingerprint density at radius 2 is 1.76 bits per heavy atom. The number of thiophene rings is 1. The molecule has 3 aromatic carbocycles. The van der Waals surface area contributed by atoms with Crippen molar-refractivity contribution in [3.8, 4) is 0 Å². The molecule has 3 N–H and O–H groups in total. The lowest BCUT2D eigenvalue weighted by Gasteiger charge is -2.27. The van der Waals surface area contributed by atoms with Crippen molar-refractivity contribution in [3.05, 3.63) is 59.5 Å². The smallest absolute Gasteiger partial charge is 0.0633 e. The molecule has 0 radical (unpaired) electrons. The minimum Gasteiger partial charge on any atom is -0.394 e. The van der Waals surface area contributed by atoms with E-state index in [-0.39, 0.29) is 13.2 Å². The summed E-state index contributed by atoms with van der Waals surface area (Å²) < 4.78 is 1.29. The Morgan fingerprint density at radius 1 is 0.960 bits per heavy atom. The fraction of sp³-hybridized carbons (Fsp3) is 0.238. The molecule has 1 aromatic heterocycles. The average molecular weight is 351 g/mol. The van der Waals surface area contributed by atoms with Crippen molar-refractivity contribution in [3.63, 3.8) is 0 Å². The first-order valence-corrected chi connectivity index (χ1v) is 9.30. The molecule has 0 aliphatic rings. The highest BCUT2D eigenvalue weighted by Gasteiger charge is 2.22. The quantitative estimate of drug-likeness (QED) is 0.476. The van der Waals surface area contributed by atoms with E-state index in [4.69, 9.17) is 0 Å². The summed E-state index contributed by atoms with van der Waals surface area (Å²) in [6.07, 6.45) is 0. The van der Waals surface area contributed by atoms with E-state index < -0.39 is 5.54 Å². The van der Waals surface area contributed by atoms with E-state index in [1.807, 2.05) is 6.92 Å². The predicted octanol–water partition coefficient (Wildman–Crippen LogP) is 4.04. The molecule has 0 aliphatic carbocycles. The van der Waals surface area contributed by atoms with Crippen LogP contribution in [0.1, 0.15) is 12.5 Å². The van der Waals surface area contributed by atoms with Crippen molar-refractivity contribution >= 4 is 43.0 Å². The van der Waals surface area contributed by atoms with Gasteiger partial charge in [0.05, 0.1) is 18.8 Å². The van der Waals surface area contributed by atoms with Crippen LogP contribution in [0.25, 0.3) is 31.6 Å². The molecule has 0 saturated carbocycles. The normalized spacial score (nSPS) is 12.4. The number of hydrogen-bond acceptors (Lipinski definition) is 4. The fourth-order valence-electron chi connectivity index (χ4n) is 3.31. The molecule has 1 heterocycles. The zero-order valence-corrected chi connectivity index (χ0v) is 14.9. The van der Waals surface area contributed by atoms with Crippen LogP contribution in [0.4, 0.5) is 0 Å². The number of fused-ring (bicyclic) bond motifs is 5. The van der Waals surface area contributed by atoms with Crippen molar-refractivity contribution in [2.45, 2.75) is 19.0 Å². The third-order valence-electron chi connectivity index (χ3n) is 4.93. The first-order valence-electron chi connectivity index (χ1n) is 8.42. The van der Waals surface area contributed by atoms with Gasteiger partial charge in [0.2, 0.25) is 0 Å². The van der Waals surface area contributed by atoms with Crippen LogP contribution in [0, 0.1) is 0 Å². The maximum absolute atomic E-state index is 9.57. The summed E-state index contributed by atoms with van der Waals surface area (Å²) in [4.78, 5) is 0. The van der Waals surface area contributed by atoms with Gasteiger partial charge in [-0.25, -0.2) is 0 Å². The van der Waals surface area contributed by atoms with Crippen LogP contribution in [-0.2, 0) is 6.54 Å². The molecule has 4 heteroatoms. The maximum atomic E-state index is 9.57. The van der Waals surface area contributed by atoms with Crippen LogP contribution in [0.15, 0.2) is 53.9 Å². The Balaban J connectivity index is 1.95. The van der Waals surface area contributed by atoms with Crippen LogP contribution in [-0.4, -0.2) is 29.0 Å². The van der Waals surface area contributed by atoms with Gasteiger partial charge in [-0.3, -0.25) is 0 Å². The summed E-state index contributed by atoms with van der Waals surface area (Å²) in [7, 11) is 0. The number of aliphatic hydroxyl groups is 2. The summed E-state index contributed by atoms with van der Waals surface area (Å²) in [6, 6.07) is 17.2. The fourth-order valence-corrected chi connectivity index (χ4v) is 4.30. The van der Waals surface area contributed by atoms with Gasteiger partial charge in [-0.1, -0.05) is 36.4 Å². The summed E-state index contributed by atoms with van der Waals surface area (Å²) >= 11 is 1.76. The molecule has 3 nitrogen and oxygen atoms in total. The van der Waals surface area contributed by atoms with Crippen LogP contribution < -0.4 is 5.32 Å². The van der Waals surface area contributed by atoms with E-state index in [0.29, 0.717) is 6.54 Å². The molecule has 0 spiro atoms. The molecule has 25 heavy (non-hydrogen) atoms. The molecule has 0 fully saturated rings. The lowest BCUT2D eigenvalue weighted by atomic mass is 9.95. The standard InChI is InChI=1S/C21H21NO2S/c1-21(12-23,13-24)22-11-16-10-15-4-2-3-5-17(15)18-7-6-14-8-9-25-20(14)19(16)18/h2-10,22-24H,11-13H2,1H3. The average Bonchev–Trinajstić information content (AvgIpc) is 3.14. The Hall–Kier alpha value is -1.98. The van der Waals surface area contributed by atoms with Crippen LogP contribution in [0.3, 0.4) is 0 Å². The molecule has 128 valence electrons. The van der Waals surface area contributed by atoms with E-state index in [1.54, 1.807) is 11.3 Å². The molecular formula is C21H21NO2S. The summed E-state index contributed by atoms with van der Waals surface area (Å²) in [5.41, 5.74) is 0.497. The van der Waals surface area contributed by atoms with Crippen LogP contribution in [0.5, 0.6) is 0 Å². The minimum atomic E-state index is -0.693. The number of rotatable bonds is 5. The third-order valence-corrected chi connectivity index (χ3v) is 5.87. The highest BCUT2D eigenvalue weighted by Crippen LogP contribution is 2.36. The number of nitrogens with one attached hydrogen (secondary N) is 1. The minimum absolute atomic E-state index is 0.108. The summed E-state index contributed by atoms with van der Waals surface area (Å²) in [5, 5.41) is 30.8. The van der Waals surface area contributed by atoms with Crippen molar-refractivity contribution in [1.82, 2.24) is 5.32 Å². The summed E-state index contributed by atoms with van der Waals surface area (Å²) in [5.74, 6) is 0. The lowest BCUT2D eigenvalue weighted by Crippen LogP contribution is -2.48. The second-order valence-corrected chi connectivity index (χ2v) is 7.73. The monoisotopic (exact) mass is 351 g/mol. The van der Waals surface area contributed by atoms with E-state index in [9.17, 15) is 10.2 Å². The number of aliphatic hydroxyl groups excluding tert-OH is 2. The Labute approximate surface area is 150 Å². The van der Waals surface area contributed by atoms with Gasteiger partial charge in [-0.15, -0.1) is 11.3 Å². The second-order valence-electron chi connectivity index (χ2n) is 6.81. The highest BCUT2D eigenvalue weighted by molar-refractivity contribution is 7.18. The van der Waals surface area contributed by atoms with Gasteiger partial charge in [0, 0.05) is 16.6 Å². The van der Waals surface area contributed by atoms with Gasteiger partial charge in [0.1, 0.15) is 0 Å². The van der Waals surface area contributed by atoms with E-state index in [0.717, 1.165) is 0 Å². The largest absolute Gasteiger partial charge is 0.394 e. The Bertz CT molecular complexity index is 1050. The van der Waals surface area contributed by atoms with E-state index in [2.05, 4.69) is 59.2 Å². The van der Waals surface area contributed by atoms with Crippen molar-refractivity contribution in [2.75, 3.05) is 13.2 Å². The van der Waals surface area contributed by atoms with E-state index >= 15 is 0 Å². The van der Waals surface area contributed by atoms with Gasteiger partial charge < -0.3 is 15.5 Å². The zero-order chi connectivity index (χ0) is 17.4. The molecule has 4 rings (SSSR count).